The number of ether oxygens (including phenoxy) is 2. The van der Waals surface area contributed by atoms with E-state index in [1.807, 2.05) is 0 Å². The van der Waals surface area contributed by atoms with Gasteiger partial charge in [-0.3, -0.25) is 20.2 Å². The van der Waals surface area contributed by atoms with Gasteiger partial charge < -0.3 is 9.47 Å². The van der Waals surface area contributed by atoms with Crippen LogP contribution in [0.1, 0.15) is 0 Å². The Morgan fingerprint density at radius 2 is 1.68 bits per heavy atom. The molecule has 0 fully saturated rings. The van der Waals surface area contributed by atoms with Crippen molar-refractivity contribution in [3.63, 3.8) is 0 Å². The molecule has 0 saturated carbocycles. The van der Waals surface area contributed by atoms with E-state index in [0.717, 1.165) is 24.3 Å². The Bertz CT molecular complexity index is 661. The smallest absolute Gasteiger partial charge is 0.395 e. The Labute approximate surface area is 124 Å². The average Bonchev–Trinajstić information content (AvgIpc) is 2.44. The molecule has 0 saturated heterocycles. The van der Waals surface area contributed by atoms with Crippen molar-refractivity contribution < 1.29 is 24.1 Å². The Hall–Kier alpha value is -3.49. The van der Waals surface area contributed by atoms with Crippen molar-refractivity contribution in [2.24, 2.45) is 0 Å². The van der Waals surface area contributed by atoms with Gasteiger partial charge in [-0.15, -0.1) is 0 Å². The second kappa shape index (κ2) is 7.33. The molecule has 0 bridgehead atoms. The molecular formula is C13H10N2O7. The summed E-state index contributed by atoms with van der Waals surface area (Å²) in [6.07, 6.45) is 0.930. The Morgan fingerprint density at radius 1 is 1.09 bits per heavy atom. The highest BCUT2D eigenvalue weighted by Gasteiger charge is 2.10. The van der Waals surface area contributed by atoms with Crippen molar-refractivity contribution >= 4 is 11.8 Å². The van der Waals surface area contributed by atoms with E-state index in [1.54, 1.807) is 0 Å². The fraction of sp³-hybridized carbons (Fsp3) is 0. The Balaban J connectivity index is 2.55. The summed E-state index contributed by atoms with van der Waals surface area (Å²) in [6, 6.07) is 4.73. The van der Waals surface area contributed by atoms with Gasteiger partial charge in [-0.25, -0.2) is 4.79 Å². The zero-order chi connectivity index (χ0) is 16.7. The molecule has 9 nitrogen and oxygen atoms in total. The molecule has 114 valence electrons. The summed E-state index contributed by atoms with van der Waals surface area (Å²) in [5, 5.41) is 20.7. The zero-order valence-electron chi connectivity index (χ0n) is 11.1. The second-order valence-electron chi connectivity index (χ2n) is 3.75. The number of benzene rings is 1. The zero-order valence-corrected chi connectivity index (χ0v) is 11.1. The second-order valence-corrected chi connectivity index (χ2v) is 3.75. The van der Waals surface area contributed by atoms with Crippen LogP contribution in [0.15, 0.2) is 61.0 Å². The van der Waals surface area contributed by atoms with Crippen molar-refractivity contribution in [2.75, 3.05) is 0 Å². The van der Waals surface area contributed by atoms with Crippen molar-refractivity contribution in [2.45, 2.75) is 0 Å². The molecule has 0 heterocycles. The predicted octanol–water partition coefficient (Wildman–Crippen LogP) is 2.97. The van der Waals surface area contributed by atoms with Crippen LogP contribution in [0.2, 0.25) is 0 Å². The van der Waals surface area contributed by atoms with Gasteiger partial charge in [-0.1, -0.05) is 6.58 Å². The van der Waals surface area contributed by atoms with E-state index in [-0.39, 0.29) is 17.2 Å². The van der Waals surface area contributed by atoms with Crippen molar-refractivity contribution in [1.29, 1.82) is 0 Å². The van der Waals surface area contributed by atoms with Crippen LogP contribution in [0.25, 0.3) is 0 Å². The van der Waals surface area contributed by atoms with Crippen LogP contribution in [-0.2, 0) is 4.74 Å². The van der Waals surface area contributed by atoms with Crippen LogP contribution in [0.3, 0.4) is 0 Å². The molecule has 0 aliphatic rings. The van der Waals surface area contributed by atoms with Crippen LogP contribution in [0.5, 0.6) is 5.75 Å². The van der Waals surface area contributed by atoms with Gasteiger partial charge in [-0.2, -0.15) is 0 Å². The first kappa shape index (κ1) is 16.6. The highest BCUT2D eigenvalue weighted by Crippen LogP contribution is 2.18. The summed E-state index contributed by atoms with van der Waals surface area (Å²) in [5.74, 6) is -0.169. The van der Waals surface area contributed by atoms with E-state index in [9.17, 15) is 25.0 Å². The van der Waals surface area contributed by atoms with Gasteiger partial charge in [0, 0.05) is 18.2 Å². The number of carbonyl (C=O) groups excluding carboxylic acids is 1. The highest BCUT2D eigenvalue weighted by atomic mass is 16.7. The quantitative estimate of drug-likeness (QED) is 0.198. The topological polar surface area (TPSA) is 122 Å². The van der Waals surface area contributed by atoms with E-state index in [1.165, 1.54) is 12.1 Å². The van der Waals surface area contributed by atoms with Crippen molar-refractivity contribution in [3.8, 4) is 5.75 Å². The predicted molar refractivity (Wildman–Crippen MR) is 74.6 cm³/mol. The van der Waals surface area contributed by atoms with Crippen molar-refractivity contribution in [1.82, 2.24) is 0 Å². The van der Waals surface area contributed by atoms with E-state index < -0.39 is 21.7 Å². The molecule has 0 aliphatic carbocycles. The Kier molecular flexibility index (Phi) is 5.52. The third-order valence-electron chi connectivity index (χ3n) is 2.16. The molecule has 0 atom stereocenters. The van der Waals surface area contributed by atoms with E-state index in [0.29, 0.717) is 0 Å². The third kappa shape index (κ3) is 5.25. The minimum absolute atomic E-state index is 0.0297. The van der Waals surface area contributed by atoms with Gasteiger partial charge in [-0.05, 0) is 24.8 Å². The van der Waals surface area contributed by atoms with E-state index >= 15 is 0 Å². The number of carbonyl (C=O) groups is 1. The summed E-state index contributed by atoms with van der Waals surface area (Å²) < 4.78 is 9.36. The van der Waals surface area contributed by atoms with Gasteiger partial charge in [0.2, 0.25) is 0 Å². The largest absolute Gasteiger partial charge is 0.519 e. The number of nitrogens with zero attached hydrogens (tertiary/aromatic N) is 2. The molecule has 0 spiro atoms. The third-order valence-corrected chi connectivity index (χ3v) is 2.16. The number of rotatable bonds is 6. The molecule has 0 amide bonds. The molecule has 0 N–H and O–H groups in total. The van der Waals surface area contributed by atoms with Gasteiger partial charge in [0.15, 0.2) is 0 Å². The number of nitro benzene ring substituents is 1. The SMILES string of the molecule is C=C(/C=C\C(=C)[N+](=O)[O-])OC(=O)Oc1ccc([N+](=O)[O-])cc1. The lowest BCUT2D eigenvalue weighted by Crippen LogP contribution is -2.09. The fourth-order valence-electron chi connectivity index (χ4n) is 1.14. The molecule has 22 heavy (non-hydrogen) atoms. The molecule has 0 unspecified atom stereocenters. The number of hydrogen-bond acceptors (Lipinski definition) is 7. The van der Waals surface area contributed by atoms with Gasteiger partial charge in [0.05, 0.1) is 9.85 Å². The summed E-state index contributed by atoms with van der Waals surface area (Å²) in [6.45, 7) is 6.48. The monoisotopic (exact) mass is 306 g/mol. The molecule has 9 heteroatoms. The lowest BCUT2D eigenvalue weighted by Gasteiger charge is -2.04. The first-order valence-electron chi connectivity index (χ1n) is 5.64. The first-order chi connectivity index (χ1) is 10.3. The summed E-state index contributed by atoms with van der Waals surface area (Å²) in [7, 11) is 0. The molecular weight excluding hydrogens is 296 g/mol. The van der Waals surface area contributed by atoms with E-state index in [4.69, 9.17) is 4.74 Å². The maximum Gasteiger partial charge on any atom is 0.519 e. The lowest BCUT2D eigenvalue weighted by atomic mass is 10.3. The number of non-ortho nitro benzene ring substituents is 1. The maximum absolute atomic E-state index is 11.4. The fourth-order valence-corrected chi connectivity index (χ4v) is 1.14. The van der Waals surface area contributed by atoms with Gasteiger partial charge >= 0.3 is 6.16 Å². The molecule has 1 aromatic rings. The number of allylic oxidation sites excluding steroid dienone is 2. The van der Waals surface area contributed by atoms with Crippen LogP contribution in [0, 0.1) is 20.2 Å². The van der Waals surface area contributed by atoms with Gasteiger partial charge in [0.1, 0.15) is 11.5 Å². The number of nitro groups is 2. The molecule has 0 radical (unpaired) electrons. The summed E-state index contributed by atoms with van der Waals surface area (Å²) in [4.78, 5) is 30.8. The van der Waals surface area contributed by atoms with Crippen LogP contribution >= 0.6 is 0 Å². The van der Waals surface area contributed by atoms with Crippen molar-refractivity contribution in [3.05, 3.63) is 81.3 Å². The summed E-state index contributed by atoms with van der Waals surface area (Å²) in [5.41, 5.74) is -0.570. The average molecular weight is 306 g/mol. The maximum atomic E-state index is 11.4. The minimum Gasteiger partial charge on any atom is -0.395 e. The molecule has 1 rings (SSSR count). The number of hydrogen-bond donors (Lipinski definition) is 0. The molecule has 1 aromatic carbocycles. The lowest BCUT2D eigenvalue weighted by molar-refractivity contribution is -0.418. The first-order valence-corrected chi connectivity index (χ1v) is 5.64. The standard InChI is InChI=1S/C13H10N2O7/c1-9(14(17)18)3-4-10(2)21-13(16)22-12-7-5-11(6-8-12)15(19)20/h3-8H,1-2H2/b4-3-. The van der Waals surface area contributed by atoms with Crippen LogP contribution < -0.4 is 4.74 Å². The Morgan fingerprint density at radius 3 is 2.18 bits per heavy atom. The minimum atomic E-state index is -1.14. The molecule has 0 aliphatic heterocycles. The molecule has 0 aromatic heterocycles. The normalized spacial score (nSPS) is 10.0. The summed E-state index contributed by atoms with van der Waals surface area (Å²) >= 11 is 0. The van der Waals surface area contributed by atoms with Crippen LogP contribution in [-0.4, -0.2) is 16.0 Å². The van der Waals surface area contributed by atoms with E-state index in [2.05, 4.69) is 17.9 Å². The van der Waals surface area contributed by atoms with Crippen LogP contribution in [0.4, 0.5) is 10.5 Å². The van der Waals surface area contributed by atoms with Gasteiger partial charge in [0.25, 0.3) is 11.4 Å². The highest BCUT2D eigenvalue weighted by molar-refractivity contribution is 5.65.